The maximum atomic E-state index is 11.8. The minimum Gasteiger partial charge on any atom is -0.387 e. The number of nitrogens with zero attached hydrogens (tertiary/aromatic N) is 10. The van der Waals surface area contributed by atoms with Gasteiger partial charge in [-0.15, -0.1) is 15.3 Å². The predicted octanol–water partition coefficient (Wildman–Crippen LogP) is 5.52. The van der Waals surface area contributed by atoms with Crippen LogP contribution in [0.4, 0.5) is 11.6 Å². The number of anilines is 2. The second kappa shape index (κ2) is 25.5. The van der Waals surface area contributed by atoms with Crippen molar-refractivity contribution in [3.05, 3.63) is 94.8 Å². The summed E-state index contributed by atoms with van der Waals surface area (Å²) in [7, 11) is -2.64. The molecule has 6 aromatic rings. The molecule has 400 valence electrons. The van der Waals surface area contributed by atoms with Crippen molar-refractivity contribution >= 4 is 93.6 Å². The molecule has 22 nitrogen and oxygen atoms in total. The van der Waals surface area contributed by atoms with Crippen molar-refractivity contribution in [1.29, 1.82) is 0 Å². The molecule has 4 aromatic heterocycles. The minimum absolute atomic E-state index is 0.0190. The van der Waals surface area contributed by atoms with Gasteiger partial charge in [0.1, 0.15) is 55.0 Å². The van der Waals surface area contributed by atoms with Gasteiger partial charge in [-0.25, -0.2) is 9.36 Å². The van der Waals surface area contributed by atoms with Gasteiger partial charge in [0.25, 0.3) is 0 Å². The summed E-state index contributed by atoms with van der Waals surface area (Å²) in [5, 5.41) is 52.1. The molecule has 8 rings (SSSR count). The standard InChI is InChI=1S/C22H29ClN5O5P.C20H25ClN5O7P.C3H9BrSi/c1-27(12-14-7-5-4-6-8-14)19-15-11-24-28(20(15)26-22(23)25-19)21-18(30)17(29)16(33-21)13-32-9-10-34(2,3)31;1-25(10-12-5-3-2-4-6-12)17-13-9-22-26(18(13)24-20(21)23-17)19-16(28)15(27)14(33-19)11-32-7-8-34(29,30)31;1-5(2,3)4/h4-8,11,16-18,21,29-30H,9-10,12-13H2,1-3H3;2-6,9,14-16,19,27-28H,7-8,10-11H2,1H3,(H2,29,30,31);1-3H3/t16-,17-,18-,21-;14-,15-,16-,19-;/m11./s1. The lowest BCUT2D eigenvalue weighted by molar-refractivity contribution is -0.0681. The van der Waals surface area contributed by atoms with E-state index in [0.29, 0.717) is 53.0 Å². The Morgan fingerprint density at radius 3 is 1.38 bits per heavy atom. The normalized spacial score (nSPS) is 22.2. The van der Waals surface area contributed by atoms with E-state index in [1.807, 2.05) is 84.6 Å². The second-order valence-electron chi connectivity index (χ2n) is 19.0. The number of halogens is 3. The maximum absolute atomic E-state index is 11.8. The van der Waals surface area contributed by atoms with E-state index in [2.05, 4.69) is 65.1 Å². The number of aromatic nitrogens is 8. The molecule has 2 aliphatic rings. The van der Waals surface area contributed by atoms with Crippen molar-refractivity contribution < 1.29 is 58.3 Å². The summed E-state index contributed by atoms with van der Waals surface area (Å²) in [4.78, 5) is 39.0. The quantitative estimate of drug-likeness (QED) is 0.0203. The average molecular weight is 1180 g/mol. The van der Waals surface area contributed by atoms with Crippen LogP contribution >= 0.6 is 53.2 Å². The largest absolute Gasteiger partial charge is 0.387 e. The van der Waals surface area contributed by atoms with Gasteiger partial charge in [0.15, 0.2) is 23.8 Å². The zero-order valence-electron chi connectivity index (χ0n) is 41.3. The number of rotatable bonds is 18. The van der Waals surface area contributed by atoms with E-state index < -0.39 is 76.7 Å². The molecular formula is C45H63BrCl2N10O12P2Si. The van der Waals surface area contributed by atoms with Gasteiger partial charge in [0, 0.05) is 33.3 Å². The topological polar surface area (TPSA) is 286 Å². The molecule has 8 atom stereocenters. The molecule has 0 aliphatic carbocycles. The fourth-order valence-corrected chi connectivity index (χ4v) is 8.85. The molecule has 0 bridgehead atoms. The first-order chi connectivity index (χ1) is 34.3. The summed E-state index contributed by atoms with van der Waals surface area (Å²) in [5.74, 6) is 1.12. The zero-order chi connectivity index (χ0) is 53.4. The molecule has 2 saturated heterocycles. The van der Waals surface area contributed by atoms with Crippen LogP contribution in [0.15, 0.2) is 73.1 Å². The molecule has 2 aliphatic heterocycles. The van der Waals surface area contributed by atoms with Gasteiger partial charge >= 0.3 is 7.60 Å². The number of aliphatic hydroxyl groups excluding tert-OH is 4. The first-order valence-electron chi connectivity index (χ1n) is 23.1. The molecule has 0 amide bonds. The van der Waals surface area contributed by atoms with Crippen LogP contribution in [0.5, 0.6) is 0 Å². The van der Waals surface area contributed by atoms with E-state index in [1.165, 1.54) is 15.6 Å². The van der Waals surface area contributed by atoms with Gasteiger partial charge in [-0.05, 0) is 47.7 Å². The van der Waals surface area contributed by atoms with Gasteiger partial charge in [-0.1, -0.05) is 80.3 Å². The van der Waals surface area contributed by atoms with Crippen LogP contribution in [0, 0.1) is 0 Å². The predicted molar refractivity (Wildman–Crippen MR) is 285 cm³/mol. The number of hydrogen-bond acceptors (Lipinski definition) is 18. The van der Waals surface area contributed by atoms with Crippen molar-refractivity contribution in [3.63, 3.8) is 0 Å². The Morgan fingerprint density at radius 2 is 1.03 bits per heavy atom. The van der Waals surface area contributed by atoms with E-state index >= 15 is 0 Å². The van der Waals surface area contributed by atoms with Crippen molar-refractivity contribution in [3.8, 4) is 0 Å². The summed E-state index contributed by atoms with van der Waals surface area (Å²) in [5.41, 5.74) is 2.86. The highest BCUT2D eigenvalue weighted by atomic mass is 79.9. The lowest BCUT2D eigenvalue weighted by Crippen LogP contribution is -2.34. The molecule has 28 heteroatoms. The van der Waals surface area contributed by atoms with Crippen LogP contribution in [0.1, 0.15) is 23.6 Å². The highest BCUT2D eigenvalue weighted by molar-refractivity contribution is 9.26. The van der Waals surface area contributed by atoms with Gasteiger partial charge in [0.05, 0.1) is 62.9 Å². The second-order valence-corrected chi connectivity index (χ2v) is 36.3. The lowest BCUT2D eigenvalue weighted by Gasteiger charge is -2.20. The van der Waals surface area contributed by atoms with E-state index in [0.717, 1.165) is 11.1 Å². The Hall–Kier alpha value is -3.52. The third-order valence-electron chi connectivity index (χ3n) is 11.1. The number of fused-ring (bicyclic) bond motifs is 2. The summed E-state index contributed by atoms with van der Waals surface area (Å²) in [6.07, 6.45) is -5.77. The van der Waals surface area contributed by atoms with Gasteiger partial charge < -0.3 is 63.5 Å². The maximum Gasteiger partial charge on any atom is 0.327 e. The molecule has 73 heavy (non-hydrogen) atoms. The van der Waals surface area contributed by atoms with E-state index in [-0.39, 0.29) is 37.0 Å². The van der Waals surface area contributed by atoms with Crippen LogP contribution < -0.4 is 9.80 Å². The summed E-state index contributed by atoms with van der Waals surface area (Å²) in [6.45, 7) is 10.4. The Balaban J connectivity index is 0.000000218. The molecule has 6 N–H and O–H groups in total. The van der Waals surface area contributed by atoms with Crippen LogP contribution in [0.3, 0.4) is 0 Å². The third-order valence-corrected chi connectivity index (χ3v) is 13.4. The SMILES string of the molecule is CN(Cc1ccccc1)c1nc(Cl)nc2c1cnn2[C@@H]1O[C@H](COCCP(=O)(O)O)[C@@H](O)[C@H]1O.CN(Cc1ccccc1)c1nc(Cl)nc2c1cnn2[C@@H]1O[C@H](COCCP(C)(C)=O)[C@@H](O)[C@H]1O.C[Si](C)(C)Br. The molecule has 0 saturated carbocycles. The van der Waals surface area contributed by atoms with Crippen LogP contribution in [0.25, 0.3) is 22.1 Å². The highest BCUT2D eigenvalue weighted by Gasteiger charge is 2.46. The summed E-state index contributed by atoms with van der Waals surface area (Å²) >= 11 is 15.9. The first-order valence-corrected chi connectivity index (χ1v) is 34.2. The Morgan fingerprint density at radius 1 is 0.658 bits per heavy atom. The third kappa shape index (κ3) is 16.7. The zero-order valence-corrected chi connectivity index (χ0v) is 47.2. The van der Waals surface area contributed by atoms with E-state index in [9.17, 15) is 29.6 Å². The summed E-state index contributed by atoms with van der Waals surface area (Å²) in [6, 6.07) is 19.7. The minimum atomic E-state index is -4.20. The monoisotopic (exact) mass is 1170 g/mol. The Kier molecular flexibility index (Phi) is 20.6. The smallest absolute Gasteiger partial charge is 0.327 e. The molecule has 2 fully saturated rings. The molecule has 0 unspecified atom stereocenters. The van der Waals surface area contributed by atoms with Crippen LogP contribution in [0.2, 0.25) is 30.2 Å². The first kappa shape index (κ1) is 58.7. The molecule has 0 spiro atoms. The van der Waals surface area contributed by atoms with Crippen LogP contribution in [-0.4, -0.2) is 179 Å². The Labute approximate surface area is 441 Å². The number of hydrogen-bond donors (Lipinski definition) is 6. The molecule has 6 heterocycles. The fourth-order valence-electron chi connectivity index (χ4n) is 7.59. The highest BCUT2D eigenvalue weighted by Crippen LogP contribution is 2.38. The van der Waals surface area contributed by atoms with Crippen LogP contribution in [-0.2, 0) is 41.2 Å². The molecular weight excluding hydrogens is 1110 g/mol. The number of aliphatic hydroxyl groups is 4. The van der Waals surface area contributed by atoms with E-state index in [4.69, 9.17) is 51.9 Å². The fraction of sp³-hybridized carbons (Fsp3) is 0.511. The average Bonchev–Trinajstić information content (AvgIpc) is 4.06. The van der Waals surface area contributed by atoms with Crippen molar-refractivity contribution in [2.45, 2.75) is 81.8 Å². The van der Waals surface area contributed by atoms with Crippen molar-refractivity contribution in [1.82, 2.24) is 39.5 Å². The van der Waals surface area contributed by atoms with Crippen molar-refractivity contribution in [2.75, 3.05) is 76.0 Å². The number of ether oxygens (including phenoxy) is 4. The summed E-state index contributed by atoms with van der Waals surface area (Å²) < 4.78 is 47.9. The Bertz CT molecular complexity index is 2640. The van der Waals surface area contributed by atoms with Gasteiger partial charge in [0.2, 0.25) is 10.6 Å². The lowest BCUT2D eigenvalue weighted by atomic mass is 10.1. The van der Waals surface area contributed by atoms with Crippen molar-refractivity contribution in [2.24, 2.45) is 0 Å². The molecule has 2 aromatic carbocycles. The number of benzene rings is 2. The molecule has 0 radical (unpaired) electrons. The van der Waals surface area contributed by atoms with Gasteiger partial charge in [-0.2, -0.15) is 30.1 Å². The van der Waals surface area contributed by atoms with E-state index in [1.54, 1.807) is 19.5 Å². The van der Waals surface area contributed by atoms with Gasteiger partial charge in [-0.3, -0.25) is 4.57 Å².